The highest BCUT2D eigenvalue weighted by Gasteiger charge is 2.27. The highest BCUT2D eigenvalue weighted by molar-refractivity contribution is 5.79. The first kappa shape index (κ1) is 15.8. The number of likely N-dealkylation sites (tertiary alicyclic amines) is 1. The van der Waals surface area contributed by atoms with Crippen molar-refractivity contribution < 1.29 is 14.3 Å². The maximum atomic E-state index is 12.2. The summed E-state index contributed by atoms with van der Waals surface area (Å²) in [6, 6.07) is -0.00136. The summed E-state index contributed by atoms with van der Waals surface area (Å²) in [5.74, 6) is 0.107. The van der Waals surface area contributed by atoms with E-state index in [9.17, 15) is 9.59 Å². The van der Waals surface area contributed by atoms with Crippen LogP contribution in [-0.4, -0.2) is 56.2 Å². The minimum atomic E-state index is -0.398. The average molecular weight is 271 g/mol. The third-order valence-electron chi connectivity index (χ3n) is 3.26. The predicted octanol–water partition coefficient (Wildman–Crippen LogP) is 0.579. The van der Waals surface area contributed by atoms with Crippen LogP contribution in [0.4, 0.5) is 4.79 Å². The fraction of sp³-hybridized carbons (Fsp3) is 0.846. The summed E-state index contributed by atoms with van der Waals surface area (Å²) in [4.78, 5) is 25.4. The molecule has 2 unspecified atom stereocenters. The molecular formula is C13H25N3O3. The van der Waals surface area contributed by atoms with E-state index < -0.39 is 6.09 Å². The number of piperidine rings is 1. The van der Waals surface area contributed by atoms with Gasteiger partial charge in [0, 0.05) is 31.6 Å². The Labute approximate surface area is 114 Å². The van der Waals surface area contributed by atoms with Crippen LogP contribution in [0.3, 0.4) is 0 Å². The third-order valence-corrected chi connectivity index (χ3v) is 3.26. The van der Waals surface area contributed by atoms with Gasteiger partial charge in [-0.3, -0.25) is 4.79 Å². The molecule has 1 rings (SSSR count). The van der Waals surface area contributed by atoms with Crippen molar-refractivity contribution in [1.82, 2.24) is 15.5 Å². The molecule has 1 heterocycles. The van der Waals surface area contributed by atoms with Gasteiger partial charge in [0.25, 0.3) is 0 Å². The minimum absolute atomic E-state index is 0.00136. The zero-order valence-electron chi connectivity index (χ0n) is 12.1. The number of nitrogens with zero attached hydrogens (tertiary/aromatic N) is 1. The van der Waals surface area contributed by atoms with Gasteiger partial charge in [0.15, 0.2) is 0 Å². The summed E-state index contributed by atoms with van der Waals surface area (Å²) in [5.41, 5.74) is 0. The molecule has 1 saturated heterocycles. The molecule has 6 heteroatoms. The number of hydrogen-bond donors (Lipinski definition) is 2. The molecule has 0 radical (unpaired) electrons. The van der Waals surface area contributed by atoms with E-state index in [-0.39, 0.29) is 17.9 Å². The molecule has 2 N–H and O–H groups in total. The monoisotopic (exact) mass is 271 g/mol. The molecule has 0 aromatic carbocycles. The smallest absolute Gasteiger partial charge is 0.407 e. The molecule has 0 bridgehead atoms. The standard InChI is InChI=1S/C13H25N3O3/c1-4-19-13(18)15-11-6-5-7-16(9-11)12(17)10(2)8-14-3/h10-11,14H,4-9H2,1-3H3,(H,15,18). The topological polar surface area (TPSA) is 70.7 Å². The van der Waals surface area contributed by atoms with E-state index in [0.29, 0.717) is 19.7 Å². The lowest BCUT2D eigenvalue weighted by molar-refractivity contribution is -0.136. The van der Waals surface area contributed by atoms with E-state index >= 15 is 0 Å². The number of carbonyl (C=O) groups excluding carboxylic acids is 2. The van der Waals surface area contributed by atoms with Gasteiger partial charge in [-0.1, -0.05) is 6.92 Å². The molecule has 0 aromatic heterocycles. The maximum absolute atomic E-state index is 12.2. The Kier molecular flexibility index (Phi) is 6.62. The number of nitrogens with one attached hydrogen (secondary N) is 2. The zero-order chi connectivity index (χ0) is 14.3. The van der Waals surface area contributed by atoms with Crippen LogP contribution in [0.5, 0.6) is 0 Å². The van der Waals surface area contributed by atoms with Crippen LogP contribution in [0.25, 0.3) is 0 Å². The van der Waals surface area contributed by atoms with E-state index in [0.717, 1.165) is 19.4 Å². The van der Waals surface area contributed by atoms with Crippen molar-refractivity contribution in [3.63, 3.8) is 0 Å². The zero-order valence-corrected chi connectivity index (χ0v) is 12.1. The highest BCUT2D eigenvalue weighted by atomic mass is 16.5. The largest absolute Gasteiger partial charge is 0.450 e. The summed E-state index contributed by atoms with van der Waals surface area (Å²) in [7, 11) is 1.84. The number of carbonyl (C=O) groups is 2. The number of rotatable bonds is 5. The lowest BCUT2D eigenvalue weighted by Crippen LogP contribution is -2.51. The van der Waals surface area contributed by atoms with E-state index in [1.807, 2.05) is 18.9 Å². The molecule has 6 nitrogen and oxygen atoms in total. The lowest BCUT2D eigenvalue weighted by atomic mass is 10.0. The number of ether oxygens (including phenoxy) is 1. The molecular weight excluding hydrogens is 246 g/mol. The number of alkyl carbamates (subject to hydrolysis) is 1. The summed E-state index contributed by atoms with van der Waals surface area (Å²) >= 11 is 0. The van der Waals surface area contributed by atoms with Gasteiger partial charge >= 0.3 is 6.09 Å². The fourth-order valence-corrected chi connectivity index (χ4v) is 2.34. The Morgan fingerprint density at radius 2 is 2.21 bits per heavy atom. The Morgan fingerprint density at radius 1 is 1.47 bits per heavy atom. The number of hydrogen-bond acceptors (Lipinski definition) is 4. The quantitative estimate of drug-likeness (QED) is 0.767. The van der Waals surface area contributed by atoms with Crippen LogP contribution >= 0.6 is 0 Å². The van der Waals surface area contributed by atoms with E-state index in [4.69, 9.17) is 4.74 Å². The SMILES string of the molecule is CCOC(=O)NC1CCCN(C(=O)C(C)CNC)C1. The second-order valence-corrected chi connectivity index (χ2v) is 4.95. The molecule has 1 aliphatic heterocycles. The first-order chi connectivity index (χ1) is 9.08. The third kappa shape index (κ3) is 5.06. The summed E-state index contributed by atoms with van der Waals surface area (Å²) < 4.78 is 4.86. The van der Waals surface area contributed by atoms with Crippen LogP contribution < -0.4 is 10.6 Å². The molecule has 2 atom stereocenters. The van der Waals surface area contributed by atoms with Gasteiger partial charge in [-0.25, -0.2) is 4.79 Å². The molecule has 0 aliphatic carbocycles. The van der Waals surface area contributed by atoms with Crippen LogP contribution in [-0.2, 0) is 9.53 Å². The second-order valence-electron chi connectivity index (χ2n) is 4.95. The van der Waals surface area contributed by atoms with Crippen LogP contribution in [0, 0.1) is 5.92 Å². The van der Waals surface area contributed by atoms with Crippen LogP contribution in [0.2, 0.25) is 0 Å². The van der Waals surface area contributed by atoms with Gasteiger partial charge in [-0.2, -0.15) is 0 Å². The Balaban J connectivity index is 2.45. The predicted molar refractivity (Wildman–Crippen MR) is 72.9 cm³/mol. The van der Waals surface area contributed by atoms with Crippen molar-refractivity contribution in [2.75, 3.05) is 33.3 Å². The normalized spacial score (nSPS) is 20.8. The maximum Gasteiger partial charge on any atom is 0.407 e. The molecule has 1 aliphatic rings. The van der Waals surface area contributed by atoms with E-state index in [2.05, 4.69) is 10.6 Å². The van der Waals surface area contributed by atoms with Crippen molar-refractivity contribution >= 4 is 12.0 Å². The molecule has 110 valence electrons. The summed E-state index contributed by atoms with van der Waals surface area (Å²) in [6.07, 6.45) is 1.41. The van der Waals surface area contributed by atoms with Crippen molar-refractivity contribution in [2.45, 2.75) is 32.7 Å². The van der Waals surface area contributed by atoms with Crippen molar-refractivity contribution in [1.29, 1.82) is 0 Å². The molecule has 19 heavy (non-hydrogen) atoms. The molecule has 0 saturated carbocycles. The molecule has 0 aromatic rings. The summed E-state index contributed by atoms with van der Waals surface area (Å²) in [6.45, 7) is 6.07. The number of amides is 2. The van der Waals surface area contributed by atoms with E-state index in [1.165, 1.54) is 0 Å². The van der Waals surface area contributed by atoms with E-state index in [1.54, 1.807) is 6.92 Å². The van der Waals surface area contributed by atoms with Gasteiger partial charge in [0.05, 0.1) is 6.61 Å². The Morgan fingerprint density at radius 3 is 2.84 bits per heavy atom. The Bertz CT molecular complexity index is 310. The molecule has 2 amide bonds. The lowest BCUT2D eigenvalue weighted by Gasteiger charge is -2.34. The van der Waals surface area contributed by atoms with Crippen LogP contribution in [0.15, 0.2) is 0 Å². The average Bonchev–Trinajstić information content (AvgIpc) is 2.38. The van der Waals surface area contributed by atoms with Gasteiger partial charge in [-0.05, 0) is 26.8 Å². The molecule has 1 fully saturated rings. The second kappa shape index (κ2) is 7.99. The Hall–Kier alpha value is -1.30. The minimum Gasteiger partial charge on any atom is -0.450 e. The first-order valence-electron chi connectivity index (χ1n) is 6.95. The van der Waals surface area contributed by atoms with Crippen molar-refractivity contribution in [3.8, 4) is 0 Å². The highest BCUT2D eigenvalue weighted by Crippen LogP contribution is 2.13. The summed E-state index contributed by atoms with van der Waals surface area (Å²) in [5, 5.41) is 5.82. The first-order valence-corrected chi connectivity index (χ1v) is 6.95. The van der Waals surface area contributed by atoms with Crippen molar-refractivity contribution in [2.24, 2.45) is 5.92 Å². The van der Waals surface area contributed by atoms with Gasteiger partial charge in [-0.15, -0.1) is 0 Å². The van der Waals surface area contributed by atoms with Crippen LogP contribution in [0.1, 0.15) is 26.7 Å². The molecule has 0 spiro atoms. The van der Waals surface area contributed by atoms with Gasteiger partial charge < -0.3 is 20.3 Å². The van der Waals surface area contributed by atoms with Gasteiger partial charge in [0.1, 0.15) is 0 Å². The fourth-order valence-electron chi connectivity index (χ4n) is 2.34. The van der Waals surface area contributed by atoms with Crippen molar-refractivity contribution in [3.05, 3.63) is 0 Å². The van der Waals surface area contributed by atoms with Gasteiger partial charge in [0.2, 0.25) is 5.91 Å².